The van der Waals surface area contributed by atoms with Crippen LogP contribution in [-0.2, 0) is 10.0 Å². The molecule has 1 aromatic carbocycles. The minimum atomic E-state index is -3.54. The molecular formula is C23H27N5O2S. The maximum Gasteiger partial charge on any atom is 0.243 e. The molecule has 2 aromatic heterocycles. The zero-order chi connectivity index (χ0) is 22.0. The summed E-state index contributed by atoms with van der Waals surface area (Å²) in [6.07, 6.45) is 5.11. The second-order valence-electron chi connectivity index (χ2n) is 8.05. The van der Waals surface area contributed by atoms with Crippen LogP contribution in [0.2, 0.25) is 0 Å². The van der Waals surface area contributed by atoms with E-state index in [0.717, 1.165) is 35.2 Å². The minimum absolute atomic E-state index is 0.0171. The number of aromatic nitrogens is 3. The summed E-state index contributed by atoms with van der Waals surface area (Å²) < 4.78 is 28.1. The van der Waals surface area contributed by atoms with Gasteiger partial charge in [0.05, 0.1) is 10.6 Å². The van der Waals surface area contributed by atoms with E-state index in [1.165, 1.54) is 0 Å². The van der Waals surface area contributed by atoms with Crippen molar-refractivity contribution in [2.45, 2.75) is 44.4 Å². The van der Waals surface area contributed by atoms with Gasteiger partial charge in [-0.25, -0.2) is 23.4 Å². The molecule has 3 heterocycles. The Morgan fingerprint density at radius 1 is 1.00 bits per heavy atom. The summed E-state index contributed by atoms with van der Waals surface area (Å²) in [4.78, 5) is 13.7. The highest BCUT2D eigenvalue weighted by Gasteiger charge is 2.31. The van der Waals surface area contributed by atoms with Gasteiger partial charge in [-0.1, -0.05) is 12.1 Å². The van der Waals surface area contributed by atoms with E-state index in [4.69, 9.17) is 0 Å². The van der Waals surface area contributed by atoms with Crippen molar-refractivity contribution < 1.29 is 8.42 Å². The van der Waals surface area contributed by atoms with E-state index < -0.39 is 10.0 Å². The number of nitrogens with one attached hydrogen (secondary N) is 1. The number of rotatable bonds is 5. The van der Waals surface area contributed by atoms with Gasteiger partial charge in [0.25, 0.3) is 0 Å². The molecule has 0 spiro atoms. The lowest BCUT2D eigenvalue weighted by Gasteiger charge is -2.31. The summed E-state index contributed by atoms with van der Waals surface area (Å²) >= 11 is 0. The SMILES string of the molecule is Cc1ccc(S(=O)(=O)N2CCC[C@H](c3ccnc(Nc4ncccc4C)n3)C2)cc1C. The quantitative estimate of drug-likeness (QED) is 0.646. The zero-order valence-corrected chi connectivity index (χ0v) is 18.9. The van der Waals surface area contributed by atoms with Crippen LogP contribution in [0.5, 0.6) is 0 Å². The first-order valence-corrected chi connectivity index (χ1v) is 11.9. The largest absolute Gasteiger partial charge is 0.309 e. The lowest BCUT2D eigenvalue weighted by molar-refractivity contribution is 0.312. The standard InChI is InChI=1S/C23H27N5O2S/c1-16-8-9-20(14-18(16)3)31(29,30)28-13-5-7-19(15-28)21-10-12-25-23(26-21)27-22-17(2)6-4-11-24-22/h4,6,8-12,14,19H,5,7,13,15H2,1-3H3,(H,24,25,26,27)/t19-/m0/s1. The van der Waals surface area contributed by atoms with Gasteiger partial charge in [0, 0.05) is 31.4 Å². The van der Waals surface area contributed by atoms with Gasteiger partial charge in [0.15, 0.2) is 0 Å². The number of pyridine rings is 1. The summed E-state index contributed by atoms with van der Waals surface area (Å²) in [6.45, 7) is 6.82. The molecule has 7 nitrogen and oxygen atoms in total. The highest BCUT2D eigenvalue weighted by molar-refractivity contribution is 7.89. The Balaban J connectivity index is 1.55. The highest BCUT2D eigenvalue weighted by Crippen LogP contribution is 2.30. The predicted molar refractivity (Wildman–Crippen MR) is 121 cm³/mol. The molecule has 1 N–H and O–H groups in total. The van der Waals surface area contributed by atoms with Gasteiger partial charge in [-0.15, -0.1) is 0 Å². The smallest absolute Gasteiger partial charge is 0.243 e. The predicted octanol–water partition coefficient (Wildman–Crippen LogP) is 4.11. The molecule has 0 bridgehead atoms. The molecule has 1 saturated heterocycles. The van der Waals surface area contributed by atoms with Crippen molar-refractivity contribution >= 4 is 21.8 Å². The Kier molecular flexibility index (Phi) is 6.02. The third kappa shape index (κ3) is 4.60. The summed E-state index contributed by atoms with van der Waals surface area (Å²) in [7, 11) is -3.54. The fourth-order valence-corrected chi connectivity index (χ4v) is 5.42. The Labute approximate surface area is 183 Å². The number of hydrogen-bond donors (Lipinski definition) is 1. The summed E-state index contributed by atoms with van der Waals surface area (Å²) in [5, 5.41) is 3.17. The van der Waals surface area contributed by atoms with Crippen molar-refractivity contribution in [1.29, 1.82) is 0 Å². The van der Waals surface area contributed by atoms with Crippen LogP contribution in [0, 0.1) is 20.8 Å². The summed E-state index contributed by atoms with van der Waals surface area (Å²) in [5.74, 6) is 1.19. The summed E-state index contributed by atoms with van der Waals surface area (Å²) in [5.41, 5.74) is 3.90. The monoisotopic (exact) mass is 437 g/mol. The lowest BCUT2D eigenvalue weighted by Crippen LogP contribution is -2.39. The molecule has 8 heteroatoms. The molecule has 0 saturated carbocycles. The van der Waals surface area contributed by atoms with Gasteiger partial charge in [-0.05, 0) is 74.6 Å². The van der Waals surface area contributed by atoms with Crippen molar-refractivity contribution in [3.05, 3.63) is 71.2 Å². The Morgan fingerprint density at radius 3 is 2.61 bits per heavy atom. The molecule has 0 aliphatic carbocycles. The molecule has 0 unspecified atom stereocenters. The van der Waals surface area contributed by atoms with E-state index in [2.05, 4.69) is 20.3 Å². The number of hydrogen-bond acceptors (Lipinski definition) is 6. The maximum atomic E-state index is 13.2. The minimum Gasteiger partial charge on any atom is -0.309 e. The topological polar surface area (TPSA) is 88.1 Å². The van der Waals surface area contributed by atoms with Crippen molar-refractivity contribution in [2.75, 3.05) is 18.4 Å². The fraction of sp³-hybridized carbons (Fsp3) is 0.348. The van der Waals surface area contributed by atoms with Gasteiger partial charge in [0.2, 0.25) is 16.0 Å². The van der Waals surface area contributed by atoms with Crippen LogP contribution in [0.4, 0.5) is 11.8 Å². The molecule has 1 aliphatic heterocycles. The Hall–Kier alpha value is -2.84. The van der Waals surface area contributed by atoms with E-state index in [9.17, 15) is 8.42 Å². The third-order valence-corrected chi connectivity index (χ3v) is 7.70. The van der Waals surface area contributed by atoms with Gasteiger partial charge >= 0.3 is 0 Å². The average molecular weight is 438 g/mol. The molecule has 31 heavy (non-hydrogen) atoms. The number of nitrogens with zero attached hydrogens (tertiary/aromatic N) is 4. The fourth-order valence-electron chi connectivity index (χ4n) is 3.81. The third-order valence-electron chi connectivity index (χ3n) is 5.84. The van der Waals surface area contributed by atoms with Crippen LogP contribution in [0.25, 0.3) is 0 Å². The molecule has 162 valence electrons. The van der Waals surface area contributed by atoms with Crippen LogP contribution in [0.1, 0.15) is 41.1 Å². The summed E-state index contributed by atoms with van der Waals surface area (Å²) in [6, 6.07) is 11.0. The molecule has 4 rings (SSSR count). The zero-order valence-electron chi connectivity index (χ0n) is 18.0. The van der Waals surface area contributed by atoms with Crippen molar-refractivity contribution in [1.82, 2.24) is 19.3 Å². The van der Waals surface area contributed by atoms with Crippen LogP contribution >= 0.6 is 0 Å². The first kappa shape index (κ1) is 21.4. The van der Waals surface area contributed by atoms with Crippen molar-refractivity contribution in [2.24, 2.45) is 0 Å². The maximum absolute atomic E-state index is 13.2. The number of benzene rings is 1. The first-order chi connectivity index (χ1) is 14.8. The highest BCUT2D eigenvalue weighted by atomic mass is 32.2. The number of sulfonamides is 1. The van der Waals surface area contributed by atoms with E-state index >= 15 is 0 Å². The Bertz CT molecular complexity index is 1200. The second-order valence-corrected chi connectivity index (χ2v) is 9.99. The van der Waals surface area contributed by atoms with Gasteiger partial charge in [0.1, 0.15) is 5.82 Å². The van der Waals surface area contributed by atoms with Crippen LogP contribution in [0.15, 0.2) is 53.7 Å². The van der Waals surface area contributed by atoms with E-state index in [1.54, 1.807) is 28.8 Å². The molecular weight excluding hydrogens is 410 g/mol. The van der Waals surface area contributed by atoms with Crippen molar-refractivity contribution in [3.63, 3.8) is 0 Å². The lowest BCUT2D eigenvalue weighted by atomic mass is 9.96. The van der Waals surface area contributed by atoms with Crippen molar-refractivity contribution in [3.8, 4) is 0 Å². The molecule has 1 fully saturated rings. The Morgan fingerprint density at radius 2 is 1.84 bits per heavy atom. The number of piperidine rings is 1. The molecule has 1 atom stereocenters. The van der Waals surface area contributed by atoms with Gasteiger partial charge in [-0.2, -0.15) is 4.31 Å². The number of anilines is 2. The molecule has 1 aliphatic rings. The molecule has 3 aromatic rings. The van der Waals surface area contributed by atoms with Gasteiger partial charge in [-0.3, -0.25) is 0 Å². The van der Waals surface area contributed by atoms with Crippen LogP contribution in [-0.4, -0.2) is 40.8 Å². The van der Waals surface area contributed by atoms with E-state index in [1.807, 2.05) is 45.0 Å². The molecule has 0 amide bonds. The normalized spacial score (nSPS) is 17.5. The second kappa shape index (κ2) is 8.72. The van der Waals surface area contributed by atoms with E-state index in [-0.39, 0.29) is 5.92 Å². The molecule has 0 radical (unpaired) electrons. The van der Waals surface area contributed by atoms with Gasteiger partial charge < -0.3 is 5.32 Å². The average Bonchev–Trinajstić information content (AvgIpc) is 2.77. The van der Waals surface area contributed by atoms with Crippen LogP contribution < -0.4 is 5.32 Å². The van der Waals surface area contributed by atoms with E-state index in [0.29, 0.717) is 29.8 Å². The number of aryl methyl sites for hydroxylation is 3. The van der Waals surface area contributed by atoms with Crippen LogP contribution in [0.3, 0.4) is 0 Å². The first-order valence-electron chi connectivity index (χ1n) is 10.4.